The van der Waals surface area contributed by atoms with Crippen molar-refractivity contribution >= 4 is 11.6 Å². The van der Waals surface area contributed by atoms with Crippen LogP contribution in [-0.2, 0) is 6.54 Å². The lowest BCUT2D eigenvalue weighted by atomic mass is 10.1. The maximum absolute atomic E-state index is 12.2. The van der Waals surface area contributed by atoms with E-state index >= 15 is 0 Å². The first kappa shape index (κ1) is 15.5. The maximum Gasteiger partial charge on any atom is 0.271 e. The zero-order valence-corrected chi connectivity index (χ0v) is 12.5. The summed E-state index contributed by atoms with van der Waals surface area (Å²) in [4.78, 5) is 12.2. The smallest absolute Gasteiger partial charge is 0.271 e. The van der Waals surface area contributed by atoms with E-state index in [-0.39, 0.29) is 11.9 Å². The number of amides is 1. The molecule has 0 saturated carbocycles. The molecule has 1 rings (SSSR count). The van der Waals surface area contributed by atoms with E-state index in [1.54, 1.807) is 4.68 Å². The van der Waals surface area contributed by atoms with Gasteiger partial charge in [-0.1, -0.05) is 26.2 Å². The normalized spacial score (nSPS) is 12.4. The minimum atomic E-state index is -0.121. The molecular weight excluding hydrogens is 240 g/mol. The first-order valence-electron chi connectivity index (χ1n) is 7.14. The van der Waals surface area contributed by atoms with Crippen molar-refractivity contribution in [1.82, 2.24) is 15.1 Å². The number of nitrogens with two attached hydrogens (primary N) is 1. The number of nitrogens with one attached hydrogen (secondary N) is 1. The van der Waals surface area contributed by atoms with Crippen molar-refractivity contribution in [2.75, 3.05) is 5.73 Å². The summed E-state index contributed by atoms with van der Waals surface area (Å²) in [6.45, 7) is 8.62. The minimum absolute atomic E-state index is 0.121. The number of rotatable bonds is 7. The molecule has 5 heteroatoms. The average Bonchev–Trinajstić information content (AvgIpc) is 2.65. The van der Waals surface area contributed by atoms with Gasteiger partial charge in [0.2, 0.25) is 0 Å². The second-order valence-electron chi connectivity index (χ2n) is 5.03. The molecule has 108 valence electrons. The molecule has 0 aromatic carbocycles. The molecule has 3 N–H and O–H groups in total. The number of carbonyl (C=O) groups excluding carboxylic acids is 1. The van der Waals surface area contributed by atoms with Crippen molar-refractivity contribution in [3.8, 4) is 0 Å². The van der Waals surface area contributed by atoms with Crippen molar-refractivity contribution in [3.63, 3.8) is 0 Å². The topological polar surface area (TPSA) is 72.9 Å². The van der Waals surface area contributed by atoms with Crippen LogP contribution in [0.4, 0.5) is 5.69 Å². The fraction of sp³-hybridized carbons (Fsp3) is 0.714. The van der Waals surface area contributed by atoms with Crippen LogP contribution in [0.2, 0.25) is 0 Å². The third-order valence-corrected chi connectivity index (χ3v) is 3.31. The van der Waals surface area contributed by atoms with Gasteiger partial charge in [-0.25, -0.2) is 0 Å². The van der Waals surface area contributed by atoms with E-state index in [1.807, 2.05) is 20.8 Å². The van der Waals surface area contributed by atoms with Gasteiger partial charge in [-0.3, -0.25) is 9.48 Å². The highest BCUT2D eigenvalue weighted by molar-refractivity contribution is 5.98. The molecule has 0 spiro atoms. The molecule has 0 aliphatic rings. The second-order valence-corrected chi connectivity index (χ2v) is 5.03. The maximum atomic E-state index is 12.2. The van der Waals surface area contributed by atoms with Crippen LogP contribution < -0.4 is 11.1 Å². The molecule has 0 fully saturated rings. The summed E-state index contributed by atoms with van der Waals surface area (Å²) < 4.78 is 1.67. The number of hydrogen-bond acceptors (Lipinski definition) is 3. The van der Waals surface area contributed by atoms with Gasteiger partial charge in [-0.15, -0.1) is 0 Å². The highest BCUT2D eigenvalue weighted by Crippen LogP contribution is 2.16. The van der Waals surface area contributed by atoms with E-state index in [2.05, 4.69) is 17.3 Å². The van der Waals surface area contributed by atoms with Crippen molar-refractivity contribution in [2.45, 2.75) is 66.0 Å². The van der Waals surface area contributed by atoms with Crippen LogP contribution in [0.15, 0.2) is 0 Å². The van der Waals surface area contributed by atoms with E-state index in [4.69, 9.17) is 5.73 Å². The van der Waals surface area contributed by atoms with E-state index in [0.717, 1.165) is 12.8 Å². The lowest BCUT2D eigenvalue weighted by molar-refractivity contribution is 0.0928. The van der Waals surface area contributed by atoms with Gasteiger partial charge in [-0.2, -0.15) is 5.10 Å². The van der Waals surface area contributed by atoms with Gasteiger partial charge >= 0.3 is 0 Å². The summed E-state index contributed by atoms with van der Waals surface area (Å²) in [5.41, 5.74) is 7.62. The van der Waals surface area contributed by atoms with Crippen LogP contribution in [0, 0.1) is 6.92 Å². The molecule has 1 atom stereocenters. The van der Waals surface area contributed by atoms with Crippen LogP contribution in [-0.4, -0.2) is 21.7 Å². The van der Waals surface area contributed by atoms with Gasteiger partial charge in [-0.05, 0) is 27.2 Å². The lowest BCUT2D eigenvalue weighted by Gasteiger charge is -2.14. The molecule has 0 aliphatic carbocycles. The third-order valence-electron chi connectivity index (χ3n) is 3.31. The summed E-state index contributed by atoms with van der Waals surface area (Å²) in [5, 5.41) is 7.27. The van der Waals surface area contributed by atoms with Crippen LogP contribution >= 0.6 is 0 Å². The SMILES string of the molecule is CCCCCC(C)NC(=O)c1c(N)c(C)nn1CC. The zero-order valence-electron chi connectivity index (χ0n) is 12.5. The Labute approximate surface area is 115 Å². The summed E-state index contributed by atoms with van der Waals surface area (Å²) in [5.74, 6) is -0.121. The van der Waals surface area contributed by atoms with Crippen molar-refractivity contribution in [3.05, 3.63) is 11.4 Å². The Morgan fingerprint density at radius 3 is 2.68 bits per heavy atom. The quantitative estimate of drug-likeness (QED) is 0.745. The summed E-state index contributed by atoms with van der Waals surface area (Å²) in [7, 11) is 0. The molecule has 0 aliphatic heterocycles. The first-order chi connectivity index (χ1) is 9.01. The molecule has 0 bridgehead atoms. The number of nitrogen functional groups attached to an aromatic ring is 1. The first-order valence-corrected chi connectivity index (χ1v) is 7.14. The van der Waals surface area contributed by atoms with E-state index < -0.39 is 0 Å². The molecule has 1 aromatic heterocycles. The molecular formula is C14H26N4O. The van der Waals surface area contributed by atoms with Crippen LogP contribution in [0.3, 0.4) is 0 Å². The summed E-state index contributed by atoms with van der Waals surface area (Å²) in [6.07, 6.45) is 4.53. The Morgan fingerprint density at radius 1 is 1.42 bits per heavy atom. The largest absolute Gasteiger partial charge is 0.395 e. The van der Waals surface area contributed by atoms with Crippen LogP contribution in [0.5, 0.6) is 0 Å². The molecule has 1 heterocycles. The van der Waals surface area contributed by atoms with Gasteiger partial charge < -0.3 is 11.1 Å². The van der Waals surface area contributed by atoms with Crippen molar-refractivity contribution in [1.29, 1.82) is 0 Å². The fourth-order valence-corrected chi connectivity index (χ4v) is 2.13. The highest BCUT2D eigenvalue weighted by Gasteiger charge is 2.20. The van der Waals surface area contributed by atoms with Gasteiger partial charge in [0, 0.05) is 12.6 Å². The van der Waals surface area contributed by atoms with Gasteiger partial charge in [0.15, 0.2) is 0 Å². The van der Waals surface area contributed by atoms with Crippen LogP contribution in [0.25, 0.3) is 0 Å². The monoisotopic (exact) mass is 266 g/mol. The molecule has 19 heavy (non-hydrogen) atoms. The molecule has 0 radical (unpaired) electrons. The Bertz CT molecular complexity index is 425. The second kappa shape index (κ2) is 7.16. The molecule has 1 aromatic rings. The van der Waals surface area contributed by atoms with E-state index in [0.29, 0.717) is 23.6 Å². The predicted molar refractivity (Wildman–Crippen MR) is 78.1 cm³/mol. The number of aryl methyl sites for hydroxylation is 2. The minimum Gasteiger partial charge on any atom is -0.395 e. The van der Waals surface area contributed by atoms with Gasteiger partial charge in [0.25, 0.3) is 5.91 Å². The summed E-state index contributed by atoms with van der Waals surface area (Å²) >= 11 is 0. The van der Waals surface area contributed by atoms with Crippen molar-refractivity contribution < 1.29 is 4.79 Å². The Hall–Kier alpha value is -1.52. The Morgan fingerprint density at radius 2 is 2.11 bits per heavy atom. The number of anilines is 1. The number of nitrogens with zero attached hydrogens (tertiary/aromatic N) is 2. The Kier molecular flexibility index (Phi) is 5.86. The molecule has 5 nitrogen and oxygen atoms in total. The van der Waals surface area contributed by atoms with Gasteiger partial charge in [0.05, 0.1) is 11.4 Å². The van der Waals surface area contributed by atoms with E-state index in [9.17, 15) is 4.79 Å². The highest BCUT2D eigenvalue weighted by atomic mass is 16.2. The van der Waals surface area contributed by atoms with Crippen LogP contribution in [0.1, 0.15) is 62.6 Å². The zero-order chi connectivity index (χ0) is 14.4. The Balaban J connectivity index is 2.67. The number of carbonyl (C=O) groups is 1. The predicted octanol–water partition coefficient (Wildman–Crippen LogP) is 2.49. The molecule has 1 amide bonds. The fourth-order valence-electron chi connectivity index (χ4n) is 2.13. The van der Waals surface area contributed by atoms with E-state index in [1.165, 1.54) is 12.8 Å². The van der Waals surface area contributed by atoms with Gasteiger partial charge in [0.1, 0.15) is 5.69 Å². The summed E-state index contributed by atoms with van der Waals surface area (Å²) in [6, 6.07) is 0.166. The third kappa shape index (κ3) is 3.98. The lowest BCUT2D eigenvalue weighted by Crippen LogP contribution is -2.34. The standard InChI is InChI=1S/C14H26N4O/c1-5-7-8-9-10(3)16-14(19)13-12(15)11(4)17-18(13)6-2/h10H,5-9,15H2,1-4H3,(H,16,19). The van der Waals surface area contributed by atoms with Crippen molar-refractivity contribution in [2.24, 2.45) is 0 Å². The molecule has 1 unspecified atom stereocenters. The molecule has 0 saturated heterocycles. The number of hydrogen-bond donors (Lipinski definition) is 2. The number of unbranched alkanes of at least 4 members (excludes halogenated alkanes) is 2. The average molecular weight is 266 g/mol. The number of aromatic nitrogens is 2.